The Hall–Kier alpha value is -3.77. The average Bonchev–Trinajstić information content (AvgIpc) is 3.51. The molecule has 1 aliphatic rings. The van der Waals surface area contributed by atoms with Crippen molar-refractivity contribution in [2.45, 2.75) is 23.2 Å². The fourth-order valence-electron chi connectivity index (χ4n) is 4.46. The molecule has 12 heteroatoms. The van der Waals surface area contributed by atoms with Crippen LogP contribution in [-0.4, -0.2) is 27.1 Å². The maximum absolute atomic E-state index is 14.0. The van der Waals surface area contributed by atoms with Gasteiger partial charge in [0.05, 0.1) is 32.9 Å². The maximum atomic E-state index is 14.0. The number of carbonyl (C=O) groups is 1. The number of hydrogen-bond donors (Lipinski definition) is 0. The highest BCUT2D eigenvalue weighted by Crippen LogP contribution is 2.36. The number of carbonyl (C=O) groups excluding carboxylic acids is 1. The number of esters is 1. The minimum atomic E-state index is -0.792. The second-order valence-corrected chi connectivity index (χ2v) is 12.1. The molecule has 0 saturated carbocycles. The molecule has 0 unspecified atom stereocenters. The van der Waals surface area contributed by atoms with Gasteiger partial charge in [0.25, 0.3) is 5.56 Å². The predicted octanol–water partition coefficient (Wildman–Crippen LogP) is 5.89. The van der Waals surface area contributed by atoms with Gasteiger partial charge in [-0.1, -0.05) is 65.4 Å². The number of aromatic nitrogens is 3. The first-order valence-electron chi connectivity index (χ1n) is 12.7. The number of ether oxygens (including phenoxy) is 1. The Morgan fingerprint density at radius 3 is 2.60 bits per heavy atom. The van der Waals surface area contributed by atoms with E-state index in [4.69, 9.17) is 25.7 Å². The highest BCUT2D eigenvalue weighted by molar-refractivity contribution is 9.10. The van der Waals surface area contributed by atoms with Crippen molar-refractivity contribution < 1.29 is 13.9 Å². The van der Waals surface area contributed by atoms with Crippen LogP contribution < -0.4 is 14.9 Å². The van der Waals surface area contributed by atoms with Crippen molar-refractivity contribution in [3.63, 3.8) is 0 Å². The van der Waals surface area contributed by atoms with Crippen molar-refractivity contribution in [1.29, 1.82) is 0 Å². The third kappa shape index (κ3) is 5.65. The van der Waals surface area contributed by atoms with Crippen LogP contribution in [0.1, 0.15) is 29.9 Å². The highest BCUT2D eigenvalue weighted by atomic mass is 79.9. The SMILES string of the molecule is CCOC(=O)C1=C(c2ccccc2)N=c2s/c(=C/c3cc(Br)c(Sc4ncccn4)o3)c(=O)n2[C@H]1c1ccc(Cl)cc1. The first-order chi connectivity index (χ1) is 20.4. The van der Waals surface area contributed by atoms with Crippen LogP contribution in [0, 0.1) is 0 Å². The van der Waals surface area contributed by atoms with E-state index < -0.39 is 12.0 Å². The summed E-state index contributed by atoms with van der Waals surface area (Å²) in [5.74, 6) is -0.0874. The van der Waals surface area contributed by atoms with Crippen molar-refractivity contribution in [3.8, 4) is 0 Å². The zero-order valence-electron chi connectivity index (χ0n) is 21.9. The van der Waals surface area contributed by atoms with Gasteiger partial charge in [0.2, 0.25) is 0 Å². The molecule has 0 radical (unpaired) electrons. The van der Waals surface area contributed by atoms with E-state index in [2.05, 4.69) is 25.9 Å². The fraction of sp³-hybridized carbons (Fsp3) is 0.100. The molecular formula is C30H20BrClN4O4S2. The van der Waals surface area contributed by atoms with Crippen molar-refractivity contribution >= 4 is 68.4 Å². The Labute approximate surface area is 261 Å². The molecule has 210 valence electrons. The average molecular weight is 680 g/mol. The lowest BCUT2D eigenvalue weighted by atomic mass is 9.93. The number of thiazole rings is 1. The molecule has 2 aromatic carbocycles. The minimum absolute atomic E-state index is 0.171. The largest absolute Gasteiger partial charge is 0.463 e. The molecule has 0 N–H and O–H groups in total. The van der Waals surface area contributed by atoms with Crippen molar-refractivity contribution in [2.75, 3.05) is 6.61 Å². The summed E-state index contributed by atoms with van der Waals surface area (Å²) in [7, 11) is 0. The van der Waals surface area contributed by atoms with Gasteiger partial charge >= 0.3 is 5.97 Å². The number of fused-ring (bicyclic) bond motifs is 1. The lowest BCUT2D eigenvalue weighted by Gasteiger charge is -2.25. The number of hydrogen-bond acceptors (Lipinski definition) is 9. The Morgan fingerprint density at radius 1 is 1.14 bits per heavy atom. The molecule has 42 heavy (non-hydrogen) atoms. The van der Waals surface area contributed by atoms with Crippen LogP contribution in [0.15, 0.2) is 114 Å². The van der Waals surface area contributed by atoms with Gasteiger partial charge in [-0.15, -0.1) is 0 Å². The van der Waals surface area contributed by atoms with Gasteiger partial charge in [0, 0.05) is 29.1 Å². The summed E-state index contributed by atoms with van der Waals surface area (Å²) in [5, 5.41) is 1.62. The van der Waals surface area contributed by atoms with Crippen LogP contribution in [0.4, 0.5) is 0 Å². The first kappa shape index (κ1) is 28.4. The zero-order chi connectivity index (χ0) is 29.2. The number of furan rings is 1. The monoisotopic (exact) mass is 678 g/mol. The molecule has 0 saturated heterocycles. The van der Waals surface area contributed by atoms with Gasteiger partial charge < -0.3 is 9.15 Å². The Morgan fingerprint density at radius 2 is 1.88 bits per heavy atom. The molecular weight excluding hydrogens is 660 g/mol. The molecule has 4 heterocycles. The van der Waals surface area contributed by atoms with Gasteiger partial charge in [-0.2, -0.15) is 0 Å². The van der Waals surface area contributed by atoms with Crippen molar-refractivity contribution in [1.82, 2.24) is 14.5 Å². The number of rotatable bonds is 7. The molecule has 0 amide bonds. The summed E-state index contributed by atoms with van der Waals surface area (Å²) in [6, 6.07) is 19.2. The lowest BCUT2D eigenvalue weighted by Crippen LogP contribution is -2.40. The summed E-state index contributed by atoms with van der Waals surface area (Å²) >= 11 is 12.2. The van der Waals surface area contributed by atoms with E-state index in [0.717, 1.165) is 5.56 Å². The topological polar surface area (TPSA) is 99.6 Å². The van der Waals surface area contributed by atoms with E-state index in [0.29, 0.717) is 46.1 Å². The van der Waals surface area contributed by atoms with E-state index in [9.17, 15) is 9.59 Å². The third-order valence-corrected chi connectivity index (χ3v) is 9.20. The van der Waals surface area contributed by atoms with Gasteiger partial charge in [0.1, 0.15) is 5.76 Å². The van der Waals surface area contributed by atoms with Crippen LogP contribution in [0.2, 0.25) is 5.02 Å². The Bertz CT molecular complexity index is 1990. The van der Waals surface area contributed by atoms with Crippen LogP contribution in [-0.2, 0) is 9.53 Å². The molecule has 6 rings (SSSR count). The Kier molecular flexibility index (Phi) is 8.25. The molecule has 0 spiro atoms. The molecule has 0 fully saturated rings. The standard InChI is InChI=1S/C30H20BrClN4O4S2/c1-2-39-27(38)23-24(17-7-4-3-5-8-17)35-30-36(25(23)18-9-11-19(32)12-10-18)26(37)22(41-30)16-20-15-21(31)28(40-20)42-29-33-13-6-14-34-29/h3-16,25H,2H2,1H3/b22-16+/t25-/m0/s1. The van der Waals surface area contributed by atoms with Crippen LogP contribution in [0.3, 0.4) is 0 Å². The number of benzene rings is 2. The summed E-state index contributed by atoms with van der Waals surface area (Å²) in [6.45, 7) is 1.91. The van der Waals surface area contributed by atoms with Gasteiger partial charge in [-0.3, -0.25) is 9.36 Å². The quantitative estimate of drug-likeness (QED) is 0.156. The van der Waals surface area contributed by atoms with E-state index in [-0.39, 0.29) is 17.7 Å². The Balaban J connectivity index is 1.54. The molecule has 0 aliphatic carbocycles. The first-order valence-corrected chi connectivity index (χ1v) is 15.5. The molecule has 8 nitrogen and oxygen atoms in total. The van der Waals surface area contributed by atoms with E-state index >= 15 is 0 Å². The normalized spacial score (nSPS) is 14.9. The maximum Gasteiger partial charge on any atom is 0.338 e. The highest BCUT2D eigenvalue weighted by Gasteiger charge is 2.35. The zero-order valence-corrected chi connectivity index (χ0v) is 25.8. The van der Waals surface area contributed by atoms with E-state index in [1.165, 1.54) is 27.7 Å². The third-order valence-electron chi connectivity index (χ3n) is 6.23. The molecule has 1 aliphatic heterocycles. The predicted molar refractivity (Wildman–Crippen MR) is 165 cm³/mol. The summed E-state index contributed by atoms with van der Waals surface area (Å²) in [5.41, 5.74) is 1.83. The second kappa shape index (κ2) is 12.2. The van der Waals surface area contributed by atoms with Crippen molar-refractivity contribution in [3.05, 3.63) is 131 Å². The number of nitrogens with zero attached hydrogens (tertiary/aromatic N) is 4. The van der Waals surface area contributed by atoms with Gasteiger partial charge in [-0.25, -0.2) is 19.8 Å². The van der Waals surface area contributed by atoms with Gasteiger partial charge in [-0.05, 0) is 64.4 Å². The summed E-state index contributed by atoms with van der Waals surface area (Å²) in [4.78, 5) is 41.3. The van der Waals surface area contributed by atoms with E-state index in [1.54, 1.807) is 61.8 Å². The van der Waals surface area contributed by atoms with Crippen LogP contribution >= 0.6 is 50.6 Å². The van der Waals surface area contributed by atoms with Crippen LogP contribution in [0.5, 0.6) is 0 Å². The number of halogens is 2. The second-order valence-electron chi connectivity index (χ2n) is 8.90. The molecule has 5 aromatic rings. The summed E-state index contributed by atoms with van der Waals surface area (Å²) in [6.07, 6.45) is 4.97. The van der Waals surface area contributed by atoms with Gasteiger partial charge in [0.15, 0.2) is 15.1 Å². The fourth-order valence-corrected chi connectivity index (χ4v) is 6.80. The molecule has 1 atom stereocenters. The van der Waals surface area contributed by atoms with Crippen molar-refractivity contribution in [2.24, 2.45) is 4.99 Å². The minimum Gasteiger partial charge on any atom is -0.463 e. The lowest BCUT2D eigenvalue weighted by molar-refractivity contribution is -0.138. The molecule has 0 bridgehead atoms. The van der Waals surface area contributed by atoms with E-state index in [1.807, 2.05) is 30.3 Å². The summed E-state index contributed by atoms with van der Waals surface area (Å²) < 4.78 is 14.1. The smallest absolute Gasteiger partial charge is 0.338 e. The van der Waals surface area contributed by atoms with Crippen LogP contribution in [0.25, 0.3) is 11.8 Å². The molecule has 3 aromatic heterocycles.